The standard InChI is InChI=1S/C21H28N4O3/c1-16(2)24-9-11-25(12-10-24)18-7-5-17(6-8-18)21(27)23-15-20(26)22-14-19-4-3-13-28-19/h3-8,13,16H,9-12,14-15H2,1-2H3,(H,22,26)(H,23,27). The highest BCUT2D eigenvalue weighted by Crippen LogP contribution is 2.18. The Morgan fingerprint density at radius 1 is 1.04 bits per heavy atom. The fourth-order valence-corrected chi connectivity index (χ4v) is 3.24. The summed E-state index contributed by atoms with van der Waals surface area (Å²) < 4.78 is 5.15. The summed E-state index contributed by atoms with van der Waals surface area (Å²) in [7, 11) is 0. The van der Waals surface area contributed by atoms with Crippen molar-refractivity contribution in [2.24, 2.45) is 0 Å². The average molecular weight is 384 g/mol. The molecule has 0 bridgehead atoms. The van der Waals surface area contributed by atoms with Gasteiger partial charge in [0, 0.05) is 43.5 Å². The van der Waals surface area contributed by atoms with Crippen molar-refractivity contribution in [2.75, 3.05) is 37.6 Å². The van der Waals surface area contributed by atoms with Crippen LogP contribution in [0.3, 0.4) is 0 Å². The molecule has 150 valence electrons. The van der Waals surface area contributed by atoms with Crippen molar-refractivity contribution in [3.05, 3.63) is 54.0 Å². The van der Waals surface area contributed by atoms with E-state index in [2.05, 4.69) is 34.3 Å². The first-order chi connectivity index (χ1) is 13.5. The lowest BCUT2D eigenvalue weighted by Crippen LogP contribution is -2.48. The number of anilines is 1. The lowest BCUT2D eigenvalue weighted by molar-refractivity contribution is -0.120. The van der Waals surface area contributed by atoms with Gasteiger partial charge in [-0.2, -0.15) is 0 Å². The van der Waals surface area contributed by atoms with Crippen LogP contribution in [0.1, 0.15) is 30.0 Å². The Morgan fingerprint density at radius 2 is 1.75 bits per heavy atom. The molecule has 0 atom stereocenters. The van der Waals surface area contributed by atoms with Gasteiger partial charge in [-0.15, -0.1) is 0 Å². The van der Waals surface area contributed by atoms with Crippen molar-refractivity contribution in [1.29, 1.82) is 0 Å². The van der Waals surface area contributed by atoms with Crippen LogP contribution in [-0.2, 0) is 11.3 Å². The number of rotatable bonds is 7. The van der Waals surface area contributed by atoms with Gasteiger partial charge in [0.15, 0.2) is 0 Å². The summed E-state index contributed by atoms with van der Waals surface area (Å²) >= 11 is 0. The third-order valence-corrected chi connectivity index (χ3v) is 4.99. The molecule has 0 radical (unpaired) electrons. The van der Waals surface area contributed by atoms with E-state index in [0.717, 1.165) is 31.9 Å². The zero-order valence-corrected chi connectivity index (χ0v) is 16.5. The van der Waals surface area contributed by atoms with Gasteiger partial charge in [-0.05, 0) is 50.2 Å². The Balaban J connectivity index is 1.44. The first kappa shape index (κ1) is 19.9. The van der Waals surface area contributed by atoms with Crippen LogP contribution >= 0.6 is 0 Å². The Bertz CT molecular complexity index is 763. The number of benzene rings is 1. The molecule has 1 aromatic carbocycles. The number of piperazine rings is 1. The highest BCUT2D eigenvalue weighted by molar-refractivity contribution is 5.96. The van der Waals surface area contributed by atoms with Crippen LogP contribution in [0, 0.1) is 0 Å². The number of hydrogen-bond donors (Lipinski definition) is 2. The van der Waals surface area contributed by atoms with Crippen molar-refractivity contribution in [1.82, 2.24) is 15.5 Å². The van der Waals surface area contributed by atoms with Gasteiger partial charge in [0.2, 0.25) is 5.91 Å². The Morgan fingerprint density at radius 3 is 2.36 bits per heavy atom. The molecule has 0 spiro atoms. The molecule has 1 aliphatic rings. The second-order valence-corrected chi connectivity index (χ2v) is 7.20. The molecule has 2 aromatic rings. The van der Waals surface area contributed by atoms with E-state index >= 15 is 0 Å². The average Bonchev–Trinajstić information content (AvgIpc) is 3.24. The van der Waals surface area contributed by atoms with Crippen molar-refractivity contribution in [3.8, 4) is 0 Å². The lowest BCUT2D eigenvalue weighted by Gasteiger charge is -2.38. The maximum atomic E-state index is 12.3. The molecule has 1 aliphatic heterocycles. The van der Waals surface area contributed by atoms with Crippen LogP contribution in [-0.4, -0.2) is 55.5 Å². The summed E-state index contributed by atoms with van der Waals surface area (Å²) in [5, 5.41) is 5.34. The van der Waals surface area contributed by atoms with Crippen molar-refractivity contribution < 1.29 is 14.0 Å². The zero-order chi connectivity index (χ0) is 19.9. The molecule has 7 nitrogen and oxygen atoms in total. The summed E-state index contributed by atoms with van der Waals surface area (Å²) in [6.07, 6.45) is 1.55. The lowest BCUT2D eigenvalue weighted by atomic mass is 10.1. The largest absolute Gasteiger partial charge is 0.467 e. The van der Waals surface area contributed by atoms with Crippen LogP contribution in [0.25, 0.3) is 0 Å². The number of amides is 2. The molecular formula is C21H28N4O3. The molecule has 3 rings (SSSR count). The van der Waals surface area contributed by atoms with Gasteiger partial charge in [0.05, 0.1) is 19.4 Å². The maximum absolute atomic E-state index is 12.3. The summed E-state index contributed by atoms with van der Waals surface area (Å²) in [5.74, 6) is 0.151. The van der Waals surface area contributed by atoms with Gasteiger partial charge >= 0.3 is 0 Å². The molecular weight excluding hydrogens is 356 g/mol. The second-order valence-electron chi connectivity index (χ2n) is 7.20. The Kier molecular flexibility index (Phi) is 6.71. The molecule has 7 heteroatoms. The highest BCUT2D eigenvalue weighted by atomic mass is 16.3. The van der Waals surface area contributed by atoms with Gasteiger partial charge in [0.1, 0.15) is 5.76 Å². The van der Waals surface area contributed by atoms with Crippen LogP contribution in [0.5, 0.6) is 0 Å². The number of carbonyl (C=O) groups excluding carboxylic acids is 2. The van der Waals surface area contributed by atoms with Gasteiger partial charge in [-0.1, -0.05) is 0 Å². The smallest absolute Gasteiger partial charge is 0.251 e. The van der Waals surface area contributed by atoms with Gasteiger partial charge < -0.3 is 20.0 Å². The van der Waals surface area contributed by atoms with Gasteiger partial charge in [-0.25, -0.2) is 0 Å². The molecule has 2 heterocycles. The third-order valence-electron chi connectivity index (χ3n) is 4.99. The first-order valence-electron chi connectivity index (χ1n) is 9.69. The van der Waals surface area contributed by atoms with E-state index in [1.165, 1.54) is 0 Å². The number of carbonyl (C=O) groups is 2. The molecule has 28 heavy (non-hydrogen) atoms. The van der Waals surface area contributed by atoms with Crippen molar-refractivity contribution >= 4 is 17.5 Å². The number of nitrogens with zero attached hydrogens (tertiary/aromatic N) is 2. The second kappa shape index (κ2) is 9.41. The van der Waals surface area contributed by atoms with E-state index in [0.29, 0.717) is 23.9 Å². The predicted molar refractivity (Wildman–Crippen MR) is 108 cm³/mol. The third kappa shape index (κ3) is 5.36. The first-order valence-corrected chi connectivity index (χ1v) is 9.69. The van der Waals surface area contributed by atoms with Crippen LogP contribution in [0.4, 0.5) is 5.69 Å². The van der Waals surface area contributed by atoms with Crippen LogP contribution in [0.2, 0.25) is 0 Å². The molecule has 2 amide bonds. The van der Waals surface area contributed by atoms with E-state index in [1.807, 2.05) is 12.1 Å². The summed E-state index contributed by atoms with van der Waals surface area (Å²) in [5.41, 5.74) is 1.67. The van der Waals surface area contributed by atoms with Crippen LogP contribution in [0.15, 0.2) is 47.1 Å². The molecule has 0 aliphatic carbocycles. The minimum Gasteiger partial charge on any atom is -0.467 e. The maximum Gasteiger partial charge on any atom is 0.251 e. The van der Waals surface area contributed by atoms with Gasteiger partial charge in [0.25, 0.3) is 5.91 Å². The molecule has 1 fully saturated rings. The SMILES string of the molecule is CC(C)N1CCN(c2ccc(C(=O)NCC(=O)NCc3ccco3)cc2)CC1. The molecule has 2 N–H and O–H groups in total. The summed E-state index contributed by atoms with van der Waals surface area (Å²) in [4.78, 5) is 28.9. The molecule has 1 aromatic heterocycles. The fraction of sp³-hybridized carbons (Fsp3) is 0.429. The van der Waals surface area contributed by atoms with Gasteiger partial charge in [-0.3, -0.25) is 14.5 Å². The fourth-order valence-electron chi connectivity index (χ4n) is 3.24. The predicted octanol–water partition coefficient (Wildman–Crippen LogP) is 1.86. The van der Waals surface area contributed by atoms with E-state index in [-0.39, 0.29) is 18.4 Å². The minimum absolute atomic E-state index is 0.0710. The Labute approximate surface area is 165 Å². The van der Waals surface area contributed by atoms with E-state index in [4.69, 9.17) is 4.42 Å². The Hall–Kier alpha value is -2.80. The minimum atomic E-state index is -0.260. The van der Waals surface area contributed by atoms with E-state index in [9.17, 15) is 9.59 Å². The summed E-state index contributed by atoms with van der Waals surface area (Å²) in [6.45, 7) is 8.75. The van der Waals surface area contributed by atoms with E-state index < -0.39 is 0 Å². The molecule has 1 saturated heterocycles. The monoisotopic (exact) mass is 384 g/mol. The van der Waals surface area contributed by atoms with E-state index in [1.54, 1.807) is 30.5 Å². The van der Waals surface area contributed by atoms with Crippen LogP contribution < -0.4 is 15.5 Å². The van der Waals surface area contributed by atoms with Crippen molar-refractivity contribution in [3.63, 3.8) is 0 Å². The molecule has 0 unspecified atom stereocenters. The summed E-state index contributed by atoms with van der Waals surface area (Å²) in [6, 6.07) is 11.7. The number of nitrogens with one attached hydrogen (secondary N) is 2. The normalized spacial score (nSPS) is 14.9. The molecule has 0 saturated carbocycles. The number of furan rings is 1. The van der Waals surface area contributed by atoms with Crippen molar-refractivity contribution in [2.45, 2.75) is 26.4 Å². The number of hydrogen-bond acceptors (Lipinski definition) is 5. The highest BCUT2D eigenvalue weighted by Gasteiger charge is 2.19. The quantitative estimate of drug-likeness (QED) is 0.762. The topological polar surface area (TPSA) is 77.8 Å². The zero-order valence-electron chi connectivity index (χ0n) is 16.5.